The summed E-state index contributed by atoms with van der Waals surface area (Å²) in [6.07, 6.45) is 3.38. The van der Waals surface area contributed by atoms with Crippen molar-refractivity contribution in [2.75, 3.05) is 13.1 Å². The zero-order chi connectivity index (χ0) is 15.3. The molecule has 0 bridgehead atoms. The molecule has 1 aromatic carbocycles. The van der Waals surface area contributed by atoms with Crippen molar-refractivity contribution in [3.8, 4) is 0 Å². The average molecular weight is 290 g/mol. The summed E-state index contributed by atoms with van der Waals surface area (Å²) < 4.78 is 0. The Balaban J connectivity index is 1.82. The molecule has 2 rings (SSSR count). The number of amides is 2. The molecule has 0 spiro atoms. The number of benzene rings is 1. The first-order valence-corrected chi connectivity index (χ1v) is 7.36. The van der Waals surface area contributed by atoms with Gasteiger partial charge in [0.05, 0.1) is 5.92 Å². The lowest BCUT2D eigenvalue weighted by Gasteiger charge is -2.16. The highest BCUT2D eigenvalue weighted by Crippen LogP contribution is 2.47. The SMILES string of the molecule is CCC1(CNC(=O)NCC(C(=O)O)c2ccccc2)CC1. The van der Waals surface area contributed by atoms with E-state index in [2.05, 4.69) is 17.6 Å². The average Bonchev–Trinajstić information content (AvgIpc) is 3.27. The molecule has 0 aromatic heterocycles. The van der Waals surface area contributed by atoms with Crippen LogP contribution in [0.4, 0.5) is 4.79 Å². The van der Waals surface area contributed by atoms with Gasteiger partial charge in [0.25, 0.3) is 0 Å². The molecule has 0 saturated heterocycles. The van der Waals surface area contributed by atoms with Crippen LogP contribution in [-0.4, -0.2) is 30.2 Å². The number of nitrogens with one attached hydrogen (secondary N) is 2. The van der Waals surface area contributed by atoms with Gasteiger partial charge in [0.2, 0.25) is 0 Å². The lowest BCUT2D eigenvalue weighted by molar-refractivity contribution is -0.138. The molecular weight excluding hydrogens is 268 g/mol. The van der Waals surface area contributed by atoms with Gasteiger partial charge in [0, 0.05) is 13.1 Å². The summed E-state index contributed by atoms with van der Waals surface area (Å²) >= 11 is 0. The summed E-state index contributed by atoms with van der Waals surface area (Å²) in [5.74, 6) is -1.66. The largest absolute Gasteiger partial charge is 0.481 e. The van der Waals surface area contributed by atoms with Crippen molar-refractivity contribution in [1.29, 1.82) is 0 Å². The third-order valence-corrected chi connectivity index (χ3v) is 4.30. The fourth-order valence-corrected chi connectivity index (χ4v) is 2.39. The number of carbonyl (C=O) groups excluding carboxylic acids is 1. The van der Waals surface area contributed by atoms with Gasteiger partial charge in [-0.15, -0.1) is 0 Å². The van der Waals surface area contributed by atoms with Gasteiger partial charge >= 0.3 is 12.0 Å². The van der Waals surface area contributed by atoms with Crippen LogP contribution in [0.15, 0.2) is 30.3 Å². The molecule has 0 radical (unpaired) electrons. The van der Waals surface area contributed by atoms with Crippen LogP contribution in [0, 0.1) is 5.41 Å². The van der Waals surface area contributed by atoms with E-state index in [1.165, 1.54) is 0 Å². The van der Waals surface area contributed by atoms with E-state index < -0.39 is 11.9 Å². The summed E-state index contributed by atoms with van der Waals surface area (Å²) in [5, 5.41) is 14.8. The maximum Gasteiger partial charge on any atom is 0.314 e. The summed E-state index contributed by atoms with van der Waals surface area (Å²) in [7, 11) is 0. The van der Waals surface area contributed by atoms with Gasteiger partial charge in [-0.25, -0.2) is 4.79 Å². The molecule has 0 heterocycles. The first-order chi connectivity index (χ1) is 10.1. The highest BCUT2D eigenvalue weighted by Gasteiger charge is 2.40. The summed E-state index contributed by atoms with van der Waals surface area (Å²) in [6.45, 7) is 2.88. The second-order valence-electron chi connectivity index (χ2n) is 5.72. The van der Waals surface area contributed by atoms with Crippen LogP contribution >= 0.6 is 0 Å². The topological polar surface area (TPSA) is 78.4 Å². The Kier molecular flexibility index (Phi) is 4.83. The first-order valence-electron chi connectivity index (χ1n) is 7.36. The number of carbonyl (C=O) groups is 2. The van der Waals surface area contributed by atoms with E-state index in [1.54, 1.807) is 24.3 Å². The van der Waals surface area contributed by atoms with Crippen molar-refractivity contribution >= 4 is 12.0 Å². The van der Waals surface area contributed by atoms with E-state index in [0.29, 0.717) is 12.1 Å². The summed E-state index contributed by atoms with van der Waals surface area (Å²) in [5.41, 5.74) is 0.973. The highest BCUT2D eigenvalue weighted by atomic mass is 16.4. The molecule has 5 heteroatoms. The second-order valence-corrected chi connectivity index (χ2v) is 5.72. The molecule has 1 atom stereocenters. The molecule has 21 heavy (non-hydrogen) atoms. The predicted octanol–water partition coefficient (Wildman–Crippen LogP) is 2.34. The van der Waals surface area contributed by atoms with Crippen LogP contribution < -0.4 is 10.6 Å². The quantitative estimate of drug-likeness (QED) is 0.721. The van der Waals surface area contributed by atoms with Crippen molar-refractivity contribution in [2.45, 2.75) is 32.1 Å². The van der Waals surface area contributed by atoms with E-state index in [4.69, 9.17) is 0 Å². The number of hydrogen-bond donors (Lipinski definition) is 3. The molecule has 3 N–H and O–H groups in total. The van der Waals surface area contributed by atoms with Gasteiger partial charge in [0.15, 0.2) is 0 Å². The van der Waals surface area contributed by atoms with Crippen LogP contribution in [0.25, 0.3) is 0 Å². The lowest BCUT2D eigenvalue weighted by atomic mass is 9.99. The van der Waals surface area contributed by atoms with Crippen molar-refractivity contribution in [3.63, 3.8) is 0 Å². The molecule has 2 amide bonds. The Labute approximate surface area is 124 Å². The number of hydrogen-bond acceptors (Lipinski definition) is 2. The highest BCUT2D eigenvalue weighted by molar-refractivity contribution is 5.79. The maximum atomic E-state index is 11.8. The van der Waals surface area contributed by atoms with E-state index in [1.807, 2.05) is 6.07 Å². The van der Waals surface area contributed by atoms with Gasteiger partial charge in [0.1, 0.15) is 0 Å². The molecule has 1 unspecified atom stereocenters. The van der Waals surface area contributed by atoms with Crippen LogP contribution in [0.5, 0.6) is 0 Å². The van der Waals surface area contributed by atoms with E-state index in [0.717, 1.165) is 19.3 Å². The lowest BCUT2D eigenvalue weighted by Crippen LogP contribution is -2.41. The Hall–Kier alpha value is -2.04. The molecule has 1 aromatic rings. The number of carboxylic acids is 1. The van der Waals surface area contributed by atoms with Crippen LogP contribution in [-0.2, 0) is 4.79 Å². The van der Waals surface area contributed by atoms with Gasteiger partial charge in [-0.05, 0) is 30.2 Å². The summed E-state index contributed by atoms with van der Waals surface area (Å²) in [6, 6.07) is 8.65. The van der Waals surface area contributed by atoms with E-state index >= 15 is 0 Å². The minimum Gasteiger partial charge on any atom is -0.481 e. The number of carboxylic acid groups (broad SMARTS) is 1. The van der Waals surface area contributed by atoms with Crippen molar-refractivity contribution in [1.82, 2.24) is 10.6 Å². The van der Waals surface area contributed by atoms with Crippen molar-refractivity contribution < 1.29 is 14.7 Å². The van der Waals surface area contributed by atoms with Crippen LogP contribution in [0.1, 0.15) is 37.7 Å². The number of urea groups is 1. The van der Waals surface area contributed by atoms with Gasteiger partial charge in [-0.1, -0.05) is 37.3 Å². The standard InChI is InChI=1S/C16H22N2O3/c1-2-16(8-9-16)11-18-15(21)17-10-13(14(19)20)12-6-4-3-5-7-12/h3-7,13H,2,8-11H2,1H3,(H,19,20)(H2,17,18,21). The third-order valence-electron chi connectivity index (χ3n) is 4.30. The Morgan fingerprint density at radius 1 is 1.24 bits per heavy atom. The minimum absolute atomic E-state index is 0.0876. The van der Waals surface area contributed by atoms with Gasteiger partial charge in [-0.3, -0.25) is 4.79 Å². The Morgan fingerprint density at radius 2 is 1.90 bits per heavy atom. The molecule has 114 valence electrons. The van der Waals surface area contributed by atoms with Crippen LogP contribution in [0.3, 0.4) is 0 Å². The fourth-order valence-electron chi connectivity index (χ4n) is 2.39. The number of rotatable bonds is 7. The molecule has 1 fully saturated rings. The van der Waals surface area contributed by atoms with Gasteiger partial charge in [-0.2, -0.15) is 0 Å². The third kappa shape index (κ3) is 4.21. The van der Waals surface area contributed by atoms with E-state index in [-0.39, 0.29) is 18.0 Å². The molecule has 5 nitrogen and oxygen atoms in total. The monoisotopic (exact) mass is 290 g/mol. The zero-order valence-corrected chi connectivity index (χ0v) is 12.3. The van der Waals surface area contributed by atoms with Crippen molar-refractivity contribution in [3.05, 3.63) is 35.9 Å². The fraction of sp³-hybridized carbons (Fsp3) is 0.500. The molecular formula is C16H22N2O3. The minimum atomic E-state index is -0.936. The molecule has 1 saturated carbocycles. The maximum absolute atomic E-state index is 11.8. The Bertz CT molecular complexity index is 498. The van der Waals surface area contributed by atoms with E-state index in [9.17, 15) is 14.7 Å². The first kappa shape index (κ1) is 15.4. The molecule has 1 aliphatic rings. The van der Waals surface area contributed by atoms with Gasteiger partial charge < -0.3 is 15.7 Å². The predicted molar refractivity (Wildman–Crippen MR) is 80.2 cm³/mol. The second kappa shape index (κ2) is 6.61. The Morgan fingerprint density at radius 3 is 2.43 bits per heavy atom. The number of aliphatic carboxylic acids is 1. The smallest absolute Gasteiger partial charge is 0.314 e. The summed E-state index contributed by atoms with van der Waals surface area (Å²) in [4.78, 5) is 23.1. The molecule has 0 aliphatic heterocycles. The normalized spacial score (nSPS) is 16.8. The van der Waals surface area contributed by atoms with Crippen LogP contribution in [0.2, 0.25) is 0 Å². The van der Waals surface area contributed by atoms with Crippen molar-refractivity contribution in [2.24, 2.45) is 5.41 Å². The zero-order valence-electron chi connectivity index (χ0n) is 12.3. The molecule has 1 aliphatic carbocycles.